The Balaban J connectivity index is 1.41. The zero-order valence-electron chi connectivity index (χ0n) is 17.2. The van der Waals surface area contributed by atoms with Crippen molar-refractivity contribution in [1.29, 1.82) is 0 Å². The Hall–Kier alpha value is -3.42. The number of nitrogens with one attached hydrogen (secondary N) is 1. The van der Waals surface area contributed by atoms with E-state index in [1.165, 1.54) is 25.1 Å². The standard InChI is InChI=1S/C23H23FN2O5/c1-15(27)26-9-7-23(8-10-26)13-20(28)19-6-5-18(12-21(19)31-23)30-14-22(29)25-17-4-2-3-16(24)11-17/h2-6,11-12H,7-10,13-14H2,1H3,(H,25,29). The van der Waals surface area contributed by atoms with Gasteiger partial charge in [-0.05, 0) is 30.3 Å². The number of fused-ring (bicyclic) bond motifs is 1. The summed E-state index contributed by atoms with van der Waals surface area (Å²) < 4.78 is 25.0. The summed E-state index contributed by atoms with van der Waals surface area (Å²) in [6, 6.07) is 10.4. The van der Waals surface area contributed by atoms with Gasteiger partial charge in [-0.15, -0.1) is 0 Å². The molecule has 31 heavy (non-hydrogen) atoms. The molecule has 2 aromatic carbocycles. The molecule has 0 atom stereocenters. The van der Waals surface area contributed by atoms with Crippen molar-refractivity contribution in [2.45, 2.75) is 31.8 Å². The highest BCUT2D eigenvalue weighted by atomic mass is 19.1. The lowest BCUT2D eigenvalue weighted by molar-refractivity contribution is -0.132. The number of hydrogen-bond donors (Lipinski definition) is 1. The normalized spacial score (nSPS) is 17.0. The first-order valence-electron chi connectivity index (χ1n) is 10.1. The second kappa shape index (κ2) is 8.37. The topological polar surface area (TPSA) is 84.9 Å². The van der Waals surface area contributed by atoms with Crippen LogP contribution in [0.5, 0.6) is 11.5 Å². The molecule has 4 rings (SSSR count). The highest BCUT2D eigenvalue weighted by Gasteiger charge is 2.43. The molecule has 2 aromatic rings. The van der Waals surface area contributed by atoms with Gasteiger partial charge in [-0.3, -0.25) is 14.4 Å². The van der Waals surface area contributed by atoms with E-state index in [1.807, 2.05) is 0 Å². The largest absolute Gasteiger partial charge is 0.486 e. The van der Waals surface area contributed by atoms with E-state index in [9.17, 15) is 18.8 Å². The summed E-state index contributed by atoms with van der Waals surface area (Å²) in [6.45, 7) is 2.36. The van der Waals surface area contributed by atoms with E-state index in [-0.39, 0.29) is 24.7 Å². The van der Waals surface area contributed by atoms with Crippen LogP contribution in [-0.4, -0.2) is 47.8 Å². The molecule has 2 amide bonds. The number of ketones is 1. The highest BCUT2D eigenvalue weighted by Crippen LogP contribution is 2.40. The lowest BCUT2D eigenvalue weighted by Gasteiger charge is -2.43. The zero-order chi connectivity index (χ0) is 22.0. The average molecular weight is 426 g/mol. The Kier molecular flexibility index (Phi) is 5.63. The number of benzene rings is 2. The van der Waals surface area contributed by atoms with E-state index in [0.717, 1.165) is 0 Å². The minimum absolute atomic E-state index is 0.00655. The van der Waals surface area contributed by atoms with Crippen LogP contribution in [0.2, 0.25) is 0 Å². The van der Waals surface area contributed by atoms with Gasteiger partial charge in [0.1, 0.15) is 22.9 Å². The molecule has 7 nitrogen and oxygen atoms in total. The third kappa shape index (κ3) is 4.68. The number of anilines is 1. The summed E-state index contributed by atoms with van der Waals surface area (Å²) in [6.07, 6.45) is 1.44. The van der Waals surface area contributed by atoms with E-state index in [0.29, 0.717) is 48.7 Å². The maximum absolute atomic E-state index is 13.2. The maximum atomic E-state index is 13.2. The zero-order valence-corrected chi connectivity index (χ0v) is 17.2. The van der Waals surface area contributed by atoms with Gasteiger partial charge in [-0.1, -0.05) is 6.07 Å². The number of piperidine rings is 1. The molecular weight excluding hydrogens is 403 g/mol. The number of Topliss-reactive ketones (excluding diaryl/α,β-unsaturated/α-hetero) is 1. The third-order valence-corrected chi connectivity index (χ3v) is 5.66. The molecule has 2 heterocycles. The predicted octanol–water partition coefficient (Wildman–Crippen LogP) is 3.19. The smallest absolute Gasteiger partial charge is 0.262 e. The van der Waals surface area contributed by atoms with Gasteiger partial charge in [0, 0.05) is 44.6 Å². The van der Waals surface area contributed by atoms with E-state index in [2.05, 4.69) is 5.32 Å². The lowest BCUT2D eigenvalue weighted by atomic mass is 9.82. The molecule has 0 bridgehead atoms. The quantitative estimate of drug-likeness (QED) is 0.812. The first kappa shape index (κ1) is 20.8. The summed E-state index contributed by atoms with van der Waals surface area (Å²) >= 11 is 0. The molecule has 162 valence electrons. The van der Waals surface area contributed by atoms with Crippen LogP contribution >= 0.6 is 0 Å². The maximum Gasteiger partial charge on any atom is 0.262 e. The number of nitrogens with zero attached hydrogens (tertiary/aromatic N) is 1. The molecule has 1 spiro atoms. The molecule has 8 heteroatoms. The number of hydrogen-bond acceptors (Lipinski definition) is 5. The summed E-state index contributed by atoms with van der Waals surface area (Å²) in [5, 5.41) is 2.56. The minimum atomic E-state index is -0.622. The molecule has 2 aliphatic rings. The van der Waals surface area contributed by atoms with E-state index in [1.54, 1.807) is 29.2 Å². The summed E-state index contributed by atoms with van der Waals surface area (Å²) in [7, 11) is 0. The second-order valence-electron chi connectivity index (χ2n) is 7.90. The van der Waals surface area contributed by atoms with Gasteiger partial charge < -0.3 is 19.7 Å². The number of rotatable bonds is 4. The van der Waals surface area contributed by atoms with Gasteiger partial charge in [0.25, 0.3) is 5.91 Å². The highest BCUT2D eigenvalue weighted by molar-refractivity contribution is 6.00. The third-order valence-electron chi connectivity index (χ3n) is 5.66. The molecule has 0 unspecified atom stereocenters. The van der Waals surface area contributed by atoms with Gasteiger partial charge in [-0.25, -0.2) is 4.39 Å². The van der Waals surface area contributed by atoms with Crippen molar-refractivity contribution < 1.29 is 28.2 Å². The molecule has 1 saturated heterocycles. The summed E-state index contributed by atoms with van der Waals surface area (Å²) in [5.74, 6) is -0.0566. The van der Waals surface area contributed by atoms with Crippen molar-refractivity contribution in [2.75, 3.05) is 25.0 Å². The molecule has 1 N–H and O–H groups in total. The van der Waals surface area contributed by atoms with E-state index in [4.69, 9.17) is 9.47 Å². The monoisotopic (exact) mass is 426 g/mol. The Morgan fingerprint density at radius 1 is 1.19 bits per heavy atom. The number of carbonyl (C=O) groups is 3. The molecule has 1 fully saturated rings. The molecule has 0 radical (unpaired) electrons. The number of halogens is 1. The fourth-order valence-corrected chi connectivity index (χ4v) is 3.98. The van der Waals surface area contributed by atoms with Crippen molar-refractivity contribution in [3.05, 3.63) is 53.8 Å². The van der Waals surface area contributed by atoms with Crippen LogP contribution in [0.15, 0.2) is 42.5 Å². The van der Waals surface area contributed by atoms with Crippen molar-refractivity contribution in [1.82, 2.24) is 4.90 Å². The lowest BCUT2D eigenvalue weighted by Crippen LogP contribution is -2.51. The first-order chi connectivity index (χ1) is 14.8. The number of carbonyl (C=O) groups excluding carboxylic acids is 3. The number of ether oxygens (including phenoxy) is 2. The van der Waals surface area contributed by atoms with Crippen LogP contribution in [0.25, 0.3) is 0 Å². The van der Waals surface area contributed by atoms with Crippen molar-refractivity contribution in [3.63, 3.8) is 0 Å². The molecular formula is C23H23FN2O5. The van der Waals surface area contributed by atoms with Crippen molar-refractivity contribution in [2.24, 2.45) is 0 Å². The average Bonchev–Trinajstić information content (AvgIpc) is 2.72. The fraction of sp³-hybridized carbons (Fsp3) is 0.348. The first-order valence-corrected chi connectivity index (χ1v) is 10.1. The Morgan fingerprint density at radius 3 is 2.68 bits per heavy atom. The molecule has 0 saturated carbocycles. The Morgan fingerprint density at radius 2 is 1.97 bits per heavy atom. The fourth-order valence-electron chi connectivity index (χ4n) is 3.98. The van der Waals surface area contributed by atoms with Crippen LogP contribution in [0.1, 0.15) is 36.5 Å². The van der Waals surface area contributed by atoms with Crippen LogP contribution < -0.4 is 14.8 Å². The van der Waals surface area contributed by atoms with E-state index >= 15 is 0 Å². The minimum Gasteiger partial charge on any atom is -0.486 e. The Labute approximate surface area is 179 Å². The van der Waals surface area contributed by atoms with Crippen LogP contribution in [0.3, 0.4) is 0 Å². The van der Waals surface area contributed by atoms with Crippen molar-refractivity contribution >= 4 is 23.3 Å². The molecule has 2 aliphatic heterocycles. The molecule has 0 aromatic heterocycles. The van der Waals surface area contributed by atoms with Crippen LogP contribution in [-0.2, 0) is 9.59 Å². The van der Waals surface area contributed by atoms with Gasteiger partial charge in [-0.2, -0.15) is 0 Å². The Bertz CT molecular complexity index is 1030. The van der Waals surface area contributed by atoms with Gasteiger partial charge >= 0.3 is 0 Å². The van der Waals surface area contributed by atoms with Gasteiger partial charge in [0.15, 0.2) is 12.4 Å². The number of likely N-dealkylation sites (tertiary alicyclic amines) is 1. The predicted molar refractivity (Wildman–Crippen MR) is 111 cm³/mol. The second-order valence-corrected chi connectivity index (χ2v) is 7.90. The van der Waals surface area contributed by atoms with Gasteiger partial charge in [0.05, 0.1) is 12.0 Å². The van der Waals surface area contributed by atoms with Crippen LogP contribution in [0.4, 0.5) is 10.1 Å². The van der Waals surface area contributed by atoms with Crippen molar-refractivity contribution in [3.8, 4) is 11.5 Å². The van der Waals surface area contributed by atoms with E-state index < -0.39 is 17.3 Å². The summed E-state index contributed by atoms with van der Waals surface area (Å²) in [5.41, 5.74) is 0.201. The SMILES string of the molecule is CC(=O)N1CCC2(CC1)CC(=O)c1ccc(OCC(=O)Nc3cccc(F)c3)cc1O2. The summed E-state index contributed by atoms with van der Waals surface area (Å²) in [4.78, 5) is 38.1. The van der Waals surface area contributed by atoms with Gasteiger partial charge in [0.2, 0.25) is 5.91 Å². The number of amides is 2. The molecule has 0 aliphatic carbocycles. The van der Waals surface area contributed by atoms with Crippen LogP contribution in [0, 0.1) is 5.82 Å².